The summed E-state index contributed by atoms with van der Waals surface area (Å²) in [5.41, 5.74) is 2.83. The van der Waals surface area contributed by atoms with E-state index in [9.17, 15) is 0 Å². The van der Waals surface area contributed by atoms with Crippen LogP contribution in [-0.4, -0.2) is 11.5 Å². The zero-order valence-corrected chi connectivity index (χ0v) is 9.31. The Balaban J connectivity index is 1.88. The molecule has 2 heterocycles. The Morgan fingerprint density at radius 1 is 1.25 bits per heavy atom. The smallest absolute Gasteiger partial charge is 0.297 e. The molecule has 0 atom stereocenters. The highest BCUT2D eigenvalue weighted by molar-refractivity contribution is 5.38. The van der Waals surface area contributed by atoms with E-state index >= 15 is 0 Å². The molecule has 0 spiro atoms. The molecular formula is C13H14N2O. The summed E-state index contributed by atoms with van der Waals surface area (Å²) in [6.45, 7) is 3.81. The van der Waals surface area contributed by atoms with Crippen LogP contribution in [-0.2, 0) is 13.0 Å². The SMILES string of the molecule is Cc1cnc(N2CCc3ccccc3C2)o1. The van der Waals surface area contributed by atoms with Gasteiger partial charge in [-0.3, -0.25) is 0 Å². The Bertz CT molecular complexity index is 504. The highest BCUT2D eigenvalue weighted by Crippen LogP contribution is 2.23. The third-order valence-electron chi connectivity index (χ3n) is 3.01. The molecule has 0 saturated heterocycles. The van der Waals surface area contributed by atoms with Crippen LogP contribution >= 0.6 is 0 Å². The van der Waals surface area contributed by atoms with Gasteiger partial charge >= 0.3 is 0 Å². The summed E-state index contributed by atoms with van der Waals surface area (Å²) in [6, 6.07) is 9.31. The first kappa shape index (κ1) is 9.46. The van der Waals surface area contributed by atoms with Crippen LogP contribution in [0.25, 0.3) is 0 Å². The third kappa shape index (κ3) is 1.58. The molecule has 0 amide bonds. The van der Waals surface area contributed by atoms with Gasteiger partial charge in [0.05, 0.1) is 6.20 Å². The van der Waals surface area contributed by atoms with Crippen molar-refractivity contribution in [3.05, 3.63) is 47.3 Å². The second-order valence-corrected chi connectivity index (χ2v) is 4.19. The van der Waals surface area contributed by atoms with E-state index in [0.717, 1.165) is 31.3 Å². The van der Waals surface area contributed by atoms with Gasteiger partial charge in [-0.05, 0) is 24.5 Å². The number of anilines is 1. The van der Waals surface area contributed by atoms with Gasteiger partial charge in [-0.2, -0.15) is 0 Å². The maximum Gasteiger partial charge on any atom is 0.297 e. The summed E-state index contributed by atoms with van der Waals surface area (Å²) in [6.07, 6.45) is 2.84. The number of nitrogens with zero attached hydrogens (tertiary/aromatic N) is 2. The van der Waals surface area contributed by atoms with E-state index in [-0.39, 0.29) is 0 Å². The lowest BCUT2D eigenvalue weighted by Crippen LogP contribution is -2.30. The van der Waals surface area contributed by atoms with E-state index in [1.807, 2.05) is 6.92 Å². The molecule has 0 N–H and O–H groups in total. The topological polar surface area (TPSA) is 29.3 Å². The fraction of sp³-hybridized carbons (Fsp3) is 0.308. The molecular weight excluding hydrogens is 200 g/mol. The number of rotatable bonds is 1. The number of benzene rings is 1. The Morgan fingerprint density at radius 2 is 2.06 bits per heavy atom. The number of aromatic nitrogens is 1. The number of hydrogen-bond donors (Lipinski definition) is 0. The molecule has 2 aromatic rings. The van der Waals surface area contributed by atoms with Gasteiger partial charge in [0.1, 0.15) is 5.76 Å². The fourth-order valence-electron chi connectivity index (χ4n) is 2.15. The van der Waals surface area contributed by atoms with E-state index in [4.69, 9.17) is 4.42 Å². The van der Waals surface area contributed by atoms with Crippen LogP contribution in [0.5, 0.6) is 0 Å². The number of hydrogen-bond acceptors (Lipinski definition) is 3. The zero-order chi connectivity index (χ0) is 11.0. The fourth-order valence-corrected chi connectivity index (χ4v) is 2.15. The van der Waals surface area contributed by atoms with Crippen molar-refractivity contribution < 1.29 is 4.42 Å². The Morgan fingerprint density at radius 3 is 2.81 bits per heavy atom. The van der Waals surface area contributed by atoms with E-state index in [0.29, 0.717) is 0 Å². The summed E-state index contributed by atoms with van der Waals surface area (Å²) in [7, 11) is 0. The van der Waals surface area contributed by atoms with Crippen molar-refractivity contribution in [2.75, 3.05) is 11.4 Å². The van der Waals surface area contributed by atoms with Crippen molar-refractivity contribution in [2.24, 2.45) is 0 Å². The van der Waals surface area contributed by atoms with Crippen molar-refractivity contribution in [3.8, 4) is 0 Å². The predicted molar refractivity (Wildman–Crippen MR) is 62.4 cm³/mol. The molecule has 1 aliphatic heterocycles. The van der Waals surface area contributed by atoms with E-state index in [1.54, 1.807) is 6.20 Å². The monoisotopic (exact) mass is 214 g/mol. The standard InChI is InChI=1S/C13H14N2O/c1-10-8-14-13(16-10)15-7-6-11-4-2-3-5-12(11)9-15/h2-5,8H,6-7,9H2,1H3. The Labute approximate surface area is 94.7 Å². The van der Waals surface area contributed by atoms with E-state index < -0.39 is 0 Å². The molecule has 16 heavy (non-hydrogen) atoms. The largest absolute Gasteiger partial charge is 0.429 e. The number of fused-ring (bicyclic) bond motifs is 1. The van der Waals surface area contributed by atoms with Crippen LogP contribution in [0.3, 0.4) is 0 Å². The molecule has 3 nitrogen and oxygen atoms in total. The van der Waals surface area contributed by atoms with Crippen molar-refractivity contribution >= 4 is 6.01 Å². The van der Waals surface area contributed by atoms with Crippen molar-refractivity contribution in [1.82, 2.24) is 4.98 Å². The third-order valence-corrected chi connectivity index (χ3v) is 3.01. The van der Waals surface area contributed by atoms with Crippen LogP contribution in [0.1, 0.15) is 16.9 Å². The van der Waals surface area contributed by atoms with Gasteiger partial charge < -0.3 is 9.32 Å². The lowest BCUT2D eigenvalue weighted by atomic mass is 10.0. The minimum Gasteiger partial charge on any atom is -0.429 e. The quantitative estimate of drug-likeness (QED) is 0.730. The molecule has 1 aromatic carbocycles. The molecule has 0 bridgehead atoms. The summed E-state index contributed by atoms with van der Waals surface area (Å²) in [4.78, 5) is 6.46. The second-order valence-electron chi connectivity index (χ2n) is 4.19. The lowest BCUT2D eigenvalue weighted by Gasteiger charge is -2.27. The highest BCUT2D eigenvalue weighted by Gasteiger charge is 2.18. The zero-order valence-electron chi connectivity index (χ0n) is 9.31. The number of aryl methyl sites for hydroxylation is 1. The second kappa shape index (κ2) is 3.67. The summed E-state index contributed by atoms with van der Waals surface area (Å²) >= 11 is 0. The first-order valence-corrected chi connectivity index (χ1v) is 5.57. The van der Waals surface area contributed by atoms with Gasteiger partial charge in [0.2, 0.25) is 0 Å². The van der Waals surface area contributed by atoms with Gasteiger partial charge in [-0.1, -0.05) is 24.3 Å². The van der Waals surface area contributed by atoms with Gasteiger partial charge in [0, 0.05) is 13.1 Å². The molecule has 82 valence electrons. The number of oxazole rings is 1. The average Bonchev–Trinajstić information content (AvgIpc) is 2.75. The van der Waals surface area contributed by atoms with Gasteiger partial charge in [-0.25, -0.2) is 4.98 Å². The van der Waals surface area contributed by atoms with Crippen molar-refractivity contribution in [2.45, 2.75) is 19.9 Å². The first-order chi connectivity index (χ1) is 7.83. The van der Waals surface area contributed by atoms with Crippen LogP contribution in [0.15, 0.2) is 34.9 Å². The molecule has 1 aromatic heterocycles. The minimum absolute atomic E-state index is 0.743. The maximum atomic E-state index is 5.55. The van der Waals surface area contributed by atoms with Gasteiger partial charge in [0.25, 0.3) is 6.01 Å². The average molecular weight is 214 g/mol. The molecule has 3 heteroatoms. The molecule has 0 radical (unpaired) electrons. The van der Waals surface area contributed by atoms with Gasteiger partial charge in [0.15, 0.2) is 0 Å². The Hall–Kier alpha value is -1.77. The maximum absolute atomic E-state index is 5.55. The molecule has 0 aliphatic carbocycles. The highest BCUT2D eigenvalue weighted by atomic mass is 16.4. The Kier molecular flexibility index (Phi) is 2.17. The molecule has 1 aliphatic rings. The summed E-state index contributed by atoms with van der Waals surface area (Å²) in [5, 5.41) is 0. The summed E-state index contributed by atoms with van der Waals surface area (Å²) in [5.74, 6) is 0.869. The van der Waals surface area contributed by atoms with Gasteiger partial charge in [-0.15, -0.1) is 0 Å². The predicted octanol–water partition coefficient (Wildman–Crippen LogP) is 2.55. The van der Waals surface area contributed by atoms with Crippen LogP contribution < -0.4 is 4.90 Å². The van der Waals surface area contributed by atoms with Crippen molar-refractivity contribution in [1.29, 1.82) is 0 Å². The molecule has 0 unspecified atom stereocenters. The van der Waals surface area contributed by atoms with Crippen molar-refractivity contribution in [3.63, 3.8) is 0 Å². The molecule has 0 fully saturated rings. The normalized spacial score (nSPS) is 14.9. The van der Waals surface area contributed by atoms with Crippen LogP contribution in [0.2, 0.25) is 0 Å². The summed E-state index contributed by atoms with van der Waals surface area (Å²) < 4.78 is 5.55. The molecule has 3 rings (SSSR count). The van der Waals surface area contributed by atoms with E-state index in [2.05, 4.69) is 34.1 Å². The molecule has 0 saturated carbocycles. The lowest BCUT2D eigenvalue weighted by molar-refractivity contribution is 0.502. The van der Waals surface area contributed by atoms with E-state index in [1.165, 1.54) is 11.1 Å². The van der Waals surface area contributed by atoms with Crippen LogP contribution in [0, 0.1) is 6.92 Å². The van der Waals surface area contributed by atoms with Crippen LogP contribution in [0.4, 0.5) is 6.01 Å². The first-order valence-electron chi connectivity index (χ1n) is 5.57. The minimum atomic E-state index is 0.743.